The summed E-state index contributed by atoms with van der Waals surface area (Å²) in [7, 11) is 1.77. The van der Waals surface area contributed by atoms with Crippen LogP contribution in [0.5, 0.6) is 0 Å². The first kappa shape index (κ1) is 13.7. The average Bonchev–Trinajstić information content (AvgIpc) is 2.30. The number of methoxy groups -OCH3 is 1. The van der Waals surface area contributed by atoms with Gasteiger partial charge in [0.2, 0.25) is 0 Å². The van der Waals surface area contributed by atoms with E-state index in [0.717, 1.165) is 18.4 Å². The van der Waals surface area contributed by atoms with Crippen LogP contribution in [0, 0.1) is 12.8 Å². The smallest absolute Gasteiger partial charge is 0.0465 e. The van der Waals surface area contributed by atoms with Gasteiger partial charge in [-0.15, -0.1) is 0 Å². The highest BCUT2D eigenvalue weighted by molar-refractivity contribution is 9.09. The lowest BCUT2D eigenvalue weighted by Gasteiger charge is -2.22. The minimum Gasteiger partial charge on any atom is -0.385 e. The van der Waals surface area contributed by atoms with Gasteiger partial charge < -0.3 is 4.74 Å². The predicted octanol–water partition coefficient (Wildman–Crippen LogP) is 4.15. The minimum atomic E-state index is 0.579. The van der Waals surface area contributed by atoms with E-state index in [1.807, 2.05) is 0 Å². The summed E-state index contributed by atoms with van der Waals surface area (Å²) in [5.74, 6) is 1.22. The zero-order valence-corrected chi connectivity index (χ0v) is 12.0. The fourth-order valence-electron chi connectivity index (χ4n) is 1.89. The Morgan fingerprint density at radius 1 is 1.25 bits per heavy atom. The van der Waals surface area contributed by atoms with Crippen molar-refractivity contribution in [2.24, 2.45) is 5.92 Å². The van der Waals surface area contributed by atoms with Gasteiger partial charge in [0.15, 0.2) is 0 Å². The van der Waals surface area contributed by atoms with Crippen LogP contribution >= 0.6 is 15.9 Å². The Labute approximate surface area is 107 Å². The van der Waals surface area contributed by atoms with Gasteiger partial charge in [0.1, 0.15) is 0 Å². The second kappa shape index (κ2) is 7.08. The van der Waals surface area contributed by atoms with Gasteiger partial charge in [0.25, 0.3) is 0 Å². The van der Waals surface area contributed by atoms with Gasteiger partial charge in [-0.25, -0.2) is 0 Å². The molecule has 90 valence electrons. The van der Waals surface area contributed by atoms with Gasteiger partial charge >= 0.3 is 0 Å². The van der Waals surface area contributed by atoms with E-state index in [0.29, 0.717) is 11.8 Å². The third kappa shape index (κ3) is 3.91. The number of ether oxygens (including phenoxy) is 1. The summed E-state index contributed by atoms with van der Waals surface area (Å²) < 4.78 is 5.15. The molecule has 1 aromatic rings. The molecule has 1 rings (SSSR count). The third-order valence-corrected chi connectivity index (χ3v) is 3.83. The van der Waals surface area contributed by atoms with Crippen LogP contribution in [0.25, 0.3) is 0 Å². The molecule has 0 bridgehead atoms. The Kier molecular flexibility index (Phi) is 6.07. The minimum absolute atomic E-state index is 0.579. The number of halogens is 1. The summed E-state index contributed by atoms with van der Waals surface area (Å²) in [5.41, 5.74) is 2.74. The molecule has 0 N–H and O–H groups in total. The van der Waals surface area contributed by atoms with Gasteiger partial charge in [-0.1, -0.05) is 52.7 Å². The van der Waals surface area contributed by atoms with Gasteiger partial charge in [0.05, 0.1) is 0 Å². The number of hydrogen-bond donors (Lipinski definition) is 0. The second-order valence-electron chi connectivity index (χ2n) is 4.43. The van der Waals surface area contributed by atoms with E-state index in [1.54, 1.807) is 7.11 Å². The van der Waals surface area contributed by atoms with E-state index >= 15 is 0 Å². The van der Waals surface area contributed by atoms with Crippen molar-refractivity contribution in [3.8, 4) is 0 Å². The molecule has 1 nitrogen and oxygen atoms in total. The average molecular weight is 285 g/mol. The van der Waals surface area contributed by atoms with Crippen molar-refractivity contribution in [3.05, 3.63) is 35.4 Å². The molecule has 0 saturated heterocycles. The molecule has 0 amide bonds. The highest BCUT2D eigenvalue weighted by Crippen LogP contribution is 2.29. The van der Waals surface area contributed by atoms with Crippen LogP contribution in [0.2, 0.25) is 0 Å². The SMILES string of the molecule is COCCC(C)C(CBr)c1ccc(C)cc1. The fraction of sp³-hybridized carbons (Fsp3) is 0.571. The van der Waals surface area contributed by atoms with Gasteiger partial charge in [-0.2, -0.15) is 0 Å². The largest absolute Gasteiger partial charge is 0.385 e. The van der Waals surface area contributed by atoms with Crippen molar-refractivity contribution in [1.29, 1.82) is 0 Å². The maximum absolute atomic E-state index is 5.15. The lowest BCUT2D eigenvalue weighted by atomic mass is 9.86. The molecule has 16 heavy (non-hydrogen) atoms. The highest BCUT2D eigenvalue weighted by atomic mass is 79.9. The van der Waals surface area contributed by atoms with Crippen LogP contribution in [0.1, 0.15) is 30.4 Å². The predicted molar refractivity (Wildman–Crippen MR) is 73.4 cm³/mol. The summed E-state index contributed by atoms with van der Waals surface area (Å²) in [6.45, 7) is 5.27. The van der Waals surface area contributed by atoms with E-state index in [9.17, 15) is 0 Å². The second-order valence-corrected chi connectivity index (χ2v) is 5.08. The number of hydrogen-bond acceptors (Lipinski definition) is 1. The summed E-state index contributed by atoms with van der Waals surface area (Å²) >= 11 is 3.62. The maximum Gasteiger partial charge on any atom is 0.0465 e. The molecule has 0 aliphatic heterocycles. The molecule has 1 aromatic carbocycles. The van der Waals surface area contributed by atoms with Crippen molar-refractivity contribution < 1.29 is 4.74 Å². The number of benzene rings is 1. The molecule has 0 aromatic heterocycles. The summed E-state index contributed by atoms with van der Waals surface area (Å²) in [6, 6.07) is 8.86. The van der Waals surface area contributed by atoms with Crippen molar-refractivity contribution in [1.82, 2.24) is 0 Å². The van der Waals surface area contributed by atoms with E-state index in [-0.39, 0.29) is 0 Å². The van der Waals surface area contributed by atoms with Crippen LogP contribution in [-0.2, 0) is 4.74 Å². The molecule has 0 aliphatic rings. The topological polar surface area (TPSA) is 9.23 Å². The normalized spacial score (nSPS) is 14.8. The van der Waals surface area contributed by atoms with Crippen molar-refractivity contribution in [3.63, 3.8) is 0 Å². The molecule has 0 fully saturated rings. The molecule has 0 saturated carbocycles. The summed E-state index contributed by atoms with van der Waals surface area (Å²) in [4.78, 5) is 0. The molecule has 2 atom stereocenters. The summed E-state index contributed by atoms with van der Waals surface area (Å²) in [5, 5.41) is 1.01. The Morgan fingerprint density at radius 3 is 2.38 bits per heavy atom. The number of alkyl halides is 1. The standard InChI is InChI=1S/C14H21BrO/c1-11-4-6-13(7-5-11)14(10-15)12(2)8-9-16-3/h4-7,12,14H,8-10H2,1-3H3. The monoisotopic (exact) mass is 284 g/mol. The molecule has 0 spiro atoms. The first-order valence-electron chi connectivity index (χ1n) is 5.80. The van der Waals surface area contributed by atoms with Gasteiger partial charge in [-0.3, -0.25) is 0 Å². The molecular formula is C14H21BrO. The van der Waals surface area contributed by atoms with E-state index in [2.05, 4.69) is 54.0 Å². The van der Waals surface area contributed by atoms with Crippen LogP contribution < -0.4 is 0 Å². The van der Waals surface area contributed by atoms with Gasteiger partial charge in [0, 0.05) is 19.0 Å². The van der Waals surface area contributed by atoms with Crippen LogP contribution in [0.4, 0.5) is 0 Å². The highest BCUT2D eigenvalue weighted by Gasteiger charge is 2.17. The first-order chi connectivity index (χ1) is 7.69. The maximum atomic E-state index is 5.15. The van der Waals surface area contributed by atoms with E-state index in [4.69, 9.17) is 4.74 Å². The lowest BCUT2D eigenvalue weighted by Crippen LogP contribution is -2.13. The molecule has 2 unspecified atom stereocenters. The molecular weight excluding hydrogens is 264 g/mol. The quantitative estimate of drug-likeness (QED) is 0.714. The van der Waals surface area contributed by atoms with Crippen molar-refractivity contribution >= 4 is 15.9 Å². The van der Waals surface area contributed by atoms with E-state index in [1.165, 1.54) is 11.1 Å². The molecule has 0 radical (unpaired) electrons. The number of aryl methyl sites for hydroxylation is 1. The van der Waals surface area contributed by atoms with Crippen molar-refractivity contribution in [2.45, 2.75) is 26.2 Å². The van der Waals surface area contributed by atoms with E-state index < -0.39 is 0 Å². The Morgan fingerprint density at radius 2 is 1.88 bits per heavy atom. The van der Waals surface area contributed by atoms with Crippen molar-refractivity contribution in [2.75, 3.05) is 19.0 Å². The first-order valence-corrected chi connectivity index (χ1v) is 6.92. The lowest BCUT2D eigenvalue weighted by molar-refractivity contribution is 0.176. The third-order valence-electron chi connectivity index (χ3n) is 3.14. The Bertz CT molecular complexity index is 294. The summed E-state index contributed by atoms with van der Waals surface area (Å²) in [6.07, 6.45) is 1.11. The molecule has 0 aliphatic carbocycles. The molecule has 2 heteroatoms. The Hall–Kier alpha value is -0.340. The molecule has 0 heterocycles. The van der Waals surface area contributed by atoms with Crippen LogP contribution in [0.3, 0.4) is 0 Å². The number of rotatable bonds is 6. The Balaban J connectivity index is 2.69. The zero-order chi connectivity index (χ0) is 12.0. The zero-order valence-electron chi connectivity index (χ0n) is 10.4. The van der Waals surface area contributed by atoms with Crippen LogP contribution in [0.15, 0.2) is 24.3 Å². The van der Waals surface area contributed by atoms with Crippen LogP contribution in [-0.4, -0.2) is 19.0 Å². The van der Waals surface area contributed by atoms with Gasteiger partial charge in [-0.05, 0) is 30.7 Å². The fourth-order valence-corrected chi connectivity index (χ4v) is 2.90.